The van der Waals surface area contributed by atoms with Crippen molar-refractivity contribution in [1.82, 2.24) is 5.32 Å². The second-order valence-electron chi connectivity index (χ2n) is 5.67. The molecular formula is C15H22Cl2N2. The Hall–Kier alpha value is -0.440. The van der Waals surface area contributed by atoms with Crippen LogP contribution in [0.1, 0.15) is 32.3 Å². The third-order valence-electron chi connectivity index (χ3n) is 4.05. The molecule has 1 aromatic rings. The van der Waals surface area contributed by atoms with Crippen LogP contribution in [0.5, 0.6) is 0 Å². The van der Waals surface area contributed by atoms with Gasteiger partial charge in [-0.2, -0.15) is 0 Å². The summed E-state index contributed by atoms with van der Waals surface area (Å²) < 4.78 is 0. The number of nitrogens with one attached hydrogen (secondary N) is 1. The van der Waals surface area contributed by atoms with Gasteiger partial charge in [-0.25, -0.2) is 0 Å². The first-order valence-corrected chi connectivity index (χ1v) is 7.66. The molecule has 2 nitrogen and oxygen atoms in total. The summed E-state index contributed by atoms with van der Waals surface area (Å²) in [4.78, 5) is 2.36. The first kappa shape index (κ1) is 15.0. The summed E-state index contributed by atoms with van der Waals surface area (Å²) in [5.41, 5.74) is 2.22. The molecule has 0 spiro atoms. The Bertz CT molecular complexity index is 462. The molecule has 0 aromatic heterocycles. The Morgan fingerprint density at radius 1 is 1.32 bits per heavy atom. The highest BCUT2D eigenvalue weighted by molar-refractivity contribution is 6.35. The van der Waals surface area contributed by atoms with Gasteiger partial charge < -0.3 is 10.2 Å². The van der Waals surface area contributed by atoms with Crippen molar-refractivity contribution in [2.45, 2.75) is 39.2 Å². The Balaban J connectivity index is 2.32. The lowest BCUT2D eigenvalue weighted by Crippen LogP contribution is -2.48. The van der Waals surface area contributed by atoms with Crippen LogP contribution in [0.3, 0.4) is 0 Å². The van der Waals surface area contributed by atoms with Crippen LogP contribution in [0.2, 0.25) is 10.0 Å². The van der Waals surface area contributed by atoms with Crippen molar-refractivity contribution in [3.05, 3.63) is 27.7 Å². The molecule has 1 heterocycles. The summed E-state index contributed by atoms with van der Waals surface area (Å²) in [6.07, 6.45) is 2.22. The second kappa shape index (κ2) is 5.90. The highest BCUT2D eigenvalue weighted by atomic mass is 35.5. The van der Waals surface area contributed by atoms with Gasteiger partial charge in [-0.05, 0) is 50.9 Å². The number of rotatable bonds is 2. The molecule has 0 saturated carbocycles. The van der Waals surface area contributed by atoms with Gasteiger partial charge in [0.25, 0.3) is 0 Å². The second-order valence-corrected chi connectivity index (χ2v) is 6.48. The van der Waals surface area contributed by atoms with Crippen LogP contribution in [0, 0.1) is 6.92 Å². The van der Waals surface area contributed by atoms with Crippen LogP contribution in [-0.4, -0.2) is 25.2 Å². The van der Waals surface area contributed by atoms with Crippen LogP contribution in [0.15, 0.2) is 12.1 Å². The number of hydrogen-bond acceptors (Lipinski definition) is 2. The van der Waals surface area contributed by atoms with E-state index in [0.717, 1.165) is 53.8 Å². The van der Waals surface area contributed by atoms with Gasteiger partial charge in [-0.15, -0.1) is 0 Å². The summed E-state index contributed by atoms with van der Waals surface area (Å²) in [5, 5.41) is 5.22. The van der Waals surface area contributed by atoms with Crippen molar-refractivity contribution in [2.75, 3.05) is 24.5 Å². The molecular weight excluding hydrogens is 279 g/mol. The van der Waals surface area contributed by atoms with E-state index in [1.165, 1.54) is 0 Å². The number of aryl methyl sites for hydroxylation is 1. The Kier molecular flexibility index (Phi) is 4.65. The number of anilines is 1. The van der Waals surface area contributed by atoms with Gasteiger partial charge in [0.2, 0.25) is 0 Å². The van der Waals surface area contributed by atoms with Crippen LogP contribution >= 0.6 is 23.2 Å². The Morgan fingerprint density at radius 3 is 2.74 bits per heavy atom. The predicted molar refractivity (Wildman–Crippen MR) is 84.7 cm³/mol. The van der Waals surface area contributed by atoms with E-state index in [9.17, 15) is 0 Å². The summed E-state index contributed by atoms with van der Waals surface area (Å²) in [5.74, 6) is 0. The minimum atomic E-state index is 0.136. The van der Waals surface area contributed by atoms with Gasteiger partial charge in [0, 0.05) is 23.7 Å². The first-order valence-electron chi connectivity index (χ1n) is 6.91. The summed E-state index contributed by atoms with van der Waals surface area (Å²) >= 11 is 12.7. The van der Waals surface area contributed by atoms with Gasteiger partial charge in [-0.3, -0.25) is 0 Å². The summed E-state index contributed by atoms with van der Waals surface area (Å²) in [7, 11) is 0. The summed E-state index contributed by atoms with van der Waals surface area (Å²) in [6.45, 7) is 9.51. The van der Waals surface area contributed by atoms with E-state index in [1.807, 2.05) is 19.1 Å². The molecule has 1 aromatic carbocycles. The molecule has 1 aliphatic rings. The van der Waals surface area contributed by atoms with Crippen molar-refractivity contribution in [1.29, 1.82) is 0 Å². The molecule has 19 heavy (non-hydrogen) atoms. The minimum Gasteiger partial charge on any atom is -0.368 e. The molecule has 0 radical (unpaired) electrons. The molecule has 1 fully saturated rings. The van der Waals surface area contributed by atoms with Gasteiger partial charge in [0.15, 0.2) is 0 Å². The van der Waals surface area contributed by atoms with E-state index < -0.39 is 0 Å². The Morgan fingerprint density at radius 2 is 2.05 bits per heavy atom. The minimum absolute atomic E-state index is 0.136. The normalized spacial score (nSPS) is 24.4. The fraction of sp³-hybridized carbons (Fsp3) is 0.600. The number of benzene rings is 1. The zero-order valence-corrected chi connectivity index (χ0v) is 13.4. The molecule has 4 heteroatoms. The van der Waals surface area contributed by atoms with E-state index in [0.29, 0.717) is 0 Å². The van der Waals surface area contributed by atoms with E-state index in [-0.39, 0.29) is 5.54 Å². The molecule has 0 bridgehead atoms. The van der Waals surface area contributed by atoms with Crippen molar-refractivity contribution >= 4 is 28.9 Å². The lowest BCUT2D eigenvalue weighted by molar-refractivity contribution is 0.366. The maximum atomic E-state index is 6.40. The molecule has 1 saturated heterocycles. The lowest BCUT2D eigenvalue weighted by Gasteiger charge is -2.34. The van der Waals surface area contributed by atoms with Gasteiger partial charge in [0.1, 0.15) is 0 Å². The average Bonchev–Trinajstić information content (AvgIpc) is 2.57. The molecule has 2 rings (SSSR count). The molecule has 1 N–H and O–H groups in total. The zero-order valence-electron chi connectivity index (χ0n) is 11.9. The summed E-state index contributed by atoms with van der Waals surface area (Å²) in [6, 6.07) is 3.96. The number of halogens is 2. The van der Waals surface area contributed by atoms with Gasteiger partial charge in [-0.1, -0.05) is 30.1 Å². The first-order chi connectivity index (χ1) is 8.95. The van der Waals surface area contributed by atoms with Crippen molar-refractivity contribution in [2.24, 2.45) is 0 Å². The third-order valence-corrected chi connectivity index (χ3v) is 4.76. The molecule has 1 atom stereocenters. The van der Waals surface area contributed by atoms with E-state index in [1.54, 1.807) is 0 Å². The third kappa shape index (κ3) is 3.36. The monoisotopic (exact) mass is 300 g/mol. The van der Waals surface area contributed by atoms with Crippen LogP contribution in [0.25, 0.3) is 0 Å². The molecule has 1 aliphatic heterocycles. The fourth-order valence-corrected chi connectivity index (χ4v) is 3.03. The smallest absolute Gasteiger partial charge is 0.0643 e. The topological polar surface area (TPSA) is 15.3 Å². The van der Waals surface area contributed by atoms with Crippen molar-refractivity contribution < 1.29 is 0 Å². The molecule has 1 unspecified atom stereocenters. The Labute approximate surface area is 126 Å². The van der Waals surface area contributed by atoms with Crippen LogP contribution < -0.4 is 10.2 Å². The van der Waals surface area contributed by atoms with Crippen molar-refractivity contribution in [3.8, 4) is 0 Å². The number of hydrogen-bond donors (Lipinski definition) is 1. The standard InChI is InChI=1S/C15H22Cl2N2/c1-4-15(3)10-19(7-5-6-18-15)14-9-12(16)11(2)8-13(14)17/h8-9,18H,4-7,10H2,1-3H3. The average molecular weight is 301 g/mol. The maximum Gasteiger partial charge on any atom is 0.0643 e. The van der Waals surface area contributed by atoms with Crippen LogP contribution in [0.4, 0.5) is 5.69 Å². The van der Waals surface area contributed by atoms with E-state index in [4.69, 9.17) is 23.2 Å². The highest BCUT2D eigenvalue weighted by Crippen LogP contribution is 2.33. The zero-order chi connectivity index (χ0) is 14.0. The van der Waals surface area contributed by atoms with Gasteiger partial charge in [0.05, 0.1) is 10.7 Å². The number of nitrogens with zero attached hydrogens (tertiary/aromatic N) is 1. The van der Waals surface area contributed by atoms with Gasteiger partial charge >= 0.3 is 0 Å². The molecule has 0 aliphatic carbocycles. The molecule has 106 valence electrons. The van der Waals surface area contributed by atoms with E-state index >= 15 is 0 Å². The highest BCUT2D eigenvalue weighted by Gasteiger charge is 2.28. The van der Waals surface area contributed by atoms with E-state index in [2.05, 4.69) is 24.1 Å². The largest absolute Gasteiger partial charge is 0.368 e. The maximum absolute atomic E-state index is 6.40. The molecule has 0 amide bonds. The predicted octanol–water partition coefficient (Wildman–Crippen LogP) is 4.27. The lowest BCUT2D eigenvalue weighted by atomic mass is 9.98. The van der Waals surface area contributed by atoms with Crippen molar-refractivity contribution in [3.63, 3.8) is 0 Å². The fourth-order valence-electron chi connectivity index (χ4n) is 2.54. The quantitative estimate of drug-likeness (QED) is 0.877. The van der Waals surface area contributed by atoms with Crippen LogP contribution in [-0.2, 0) is 0 Å². The SMILES string of the molecule is CCC1(C)CN(c2cc(Cl)c(C)cc2Cl)CCCN1.